The predicted molar refractivity (Wildman–Crippen MR) is 125 cm³/mol. The smallest absolute Gasteiger partial charge is 0.328 e. The van der Waals surface area contributed by atoms with Crippen molar-refractivity contribution in [3.8, 4) is 0 Å². The number of nitrogens with zero attached hydrogens (tertiary/aromatic N) is 2. The van der Waals surface area contributed by atoms with Crippen molar-refractivity contribution in [2.24, 2.45) is 5.92 Å². The maximum atomic E-state index is 13.6. The van der Waals surface area contributed by atoms with Gasteiger partial charge in [-0.15, -0.1) is 0 Å². The number of morpholine rings is 1. The van der Waals surface area contributed by atoms with Crippen LogP contribution in [-0.2, 0) is 14.3 Å². The van der Waals surface area contributed by atoms with E-state index in [1.807, 2.05) is 60.7 Å². The highest BCUT2D eigenvalue weighted by Gasteiger charge is 2.49. The number of rotatable bonds is 7. The summed E-state index contributed by atoms with van der Waals surface area (Å²) in [6, 6.07) is 19.0. The van der Waals surface area contributed by atoms with E-state index in [-0.39, 0.29) is 17.9 Å². The highest BCUT2D eigenvalue weighted by atomic mass is 16.5. The van der Waals surface area contributed by atoms with E-state index in [9.17, 15) is 9.59 Å². The quantitative estimate of drug-likeness (QED) is 0.369. The SMILES string of the molecule is O=C(C[N+]12CCC(CC1)[C@@H](OC(=O)C(c1ccccc1)N1CCOCC1)C2)c1ccccc1. The molecule has 4 fully saturated rings. The first-order chi connectivity index (χ1) is 16.1. The average Bonchev–Trinajstić information content (AvgIpc) is 2.86. The third-order valence-electron chi connectivity index (χ3n) is 7.63. The number of quaternary nitrogens is 1. The normalized spacial score (nSPS) is 28.2. The molecule has 1 unspecified atom stereocenters. The van der Waals surface area contributed by atoms with Gasteiger partial charge in [-0.25, -0.2) is 4.79 Å². The van der Waals surface area contributed by atoms with Crippen LogP contribution in [0.1, 0.15) is 34.8 Å². The molecule has 0 N–H and O–H groups in total. The largest absolute Gasteiger partial charge is 0.455 e. The second-order valence-corrected chi connectivity index (χ2v) is 9.69. The van der Waals surface area contributed by atoms with Gasteiger partial charge in [-0.05, 0) is 5.56 Å². The summed E-state index contributed by atoms with van der Waals surface area (Å²) in [5, 5.41) is 0. The van der Waals surface area contributed by atoms with E-state index >= 15 is 0 Å². The lowest BCUT2D eigenvalue weighted by atomic mass is 9.82. The molecule has 0 aromatic heterocycles. The Bertz CT molecular complexity index is 951. The van der Waals surface area contributed by atoms with Gasteiger partial charge in [0.25, 0.3) is 0 Å². The van der Waals surface area contributed by atoms with Gasteiger partial charge in [0.15, 0.2) is 6.10 Å². The molecule has 2 atom stereocenters. The maximum Gasteiger partial charge on any atom is 0.328 e. The highest BCUT2D eigenvalue weighted by molar-refractivity contribution is 5.96. The summed E-state index contributed by atoms with van der Waals surface area (Å²) in [5.74, 6) is 0.396. The van der Waals surface area contributed by atoms with Crippen LogP contribution < -0.4 is 0 Å². The summed E-state index contributed by atoms with van der Waals surface area (Å²) < 4.78 is 12.5. The summed E-state index contributed by atoms with van der Waals surface area (Å²) >= 11 is 0. The molecule has 6 heteroatoms. The third-order valence-corrected chi connectivity index (χ3v) is 7.63. The van der Waals surface area contributed by atoms with Crippen molar-refractivity contribution in [3.05, 3.63) is 71.8 Å². The van der Waals surface area contributed by atoms with Crippen molar-refractivity contribution in [3.63, 3.8) is 0 Å². The van der Waals surface area contributed by atoms with Crippen LogP contribution in [0.4, 0.5) is 0 Å². The van der Waals surface area contributed by atoms with Crippen molar-refractivity contribution < 1.29 is 23.5 Å². The maximum absolute atomic E-state index is 13.6. The lowest BCUT2D eigenvalue weighted by Crippen LogP contribution is -2.66. The first-order valence-electron chi connectivity index (χ1n) is 12.1. The molecule has 4 aliphatic heterocycles. The molecule has 2 aromatic rings. The van der Waals surface area contributed by atoms with Crippen LogP contribution in [0.5, 0.6) is 0 Å². The summed E-state index contributed by atoms with van der Waals surface area (Å²) in [5.41, 5.74) is 1.73. The van der Waals surface area contributed by atoms with E-state index in [0.29, 0.717) is 38.8 Å². The Morgan fingerprint density at radius 2 is 1.61 bits per heavy atom. The van der Waals surface area contributed by atoms with Gasteiger partial charge in [0.1, 0.15) is 19.1 Å². The van der Waals surface area contributed by atoms with Gasteiger partial charge in [0, 0.05) is 37.4 Å². The summed E-state index contributed by atoms with van der Waals surface area (Å²) in [6.07, 6.45) is 1.89. The molecule has 0 radical (unpaired) electrons. The molecule has 6 nitrogen and oxygen atoms in total. The van der Waals surface area contributed by atoms with Gasteiger partial charge in [-0.3, -0.25) is 9.69 Å². The molecule has 0 spiro atoms. The molecule has 33 heavy (non-hydrogen) atoms. The minimum Gasteiger partial charge on any atom is -0.455 e. The van der Waals surface area contributed by atoms with Crippen molar-refractivity contribution >= 4 is 11.8 Å². The number of hydrogen-bond acceptors (Lipinski definition) is 5. The van der Waals surface area contributed by atoms with E-state index < -0.39 is 6.04 Å². The Balaban J connectivity index is 1.30. The molecule has 6 rings (SSSR count). The number of ether oxygens (including phenoxy) is 2. The van der Waals surface area contributed by atoms with Gasteiger partial charge in [-0.2, -0.15) is 0 Å². The topological polar surface area (TPSA) is 55.8 Å². The Hall–Kier alpha value is -2.54. The first-order valence-corrected chi connectivity index (χ1v) is 12.1. The summed E-state index contributed by atoms with van der Waals surface area (Å²) in [6.45, 7) is 5.89. The fourth-order valence-corrected chi connectivity index (χ4v) is 5.78. The van der Waals surface area contributed by atoms with Crippen LogP contribution in [0.15, 0.2) is 60.7 Å². The van der Waals surface area contributed by atoms with Crippen molar-refractivity contribution in [1.82, 2.24) is 4.90 Å². The molecule has 0 saturated carbocycles. The van der Waals surface area contributed by atoms with Gasteiger partial charge >= 0.3 is 5.97 Å². The lowest BCUT2D eigenvalue weighted by molar-refractivity contribution is -0.938. The van der Waals surface area contributed by atoms with Gasteiger partial charge in [0.05, 0.1) is 26.3 Å². The van der Waals surface area contributed by atoms with Crippen LogP contribution in [0.25, 0.3) is 0 Å². The van der Waals surface area contributed by atoms with E-state index in [4.69, 9.17) is 9.47 Å². The predicted octanol–water partition coefficient (Wildman–Crippen LogP) is 3.10. The molecule has 4 heterocycles. The molecule has 0 aliphatic carbocycles. The number of Topliss-reactive ketones (excluding diaryl/α,β-unsaturated/α-hetero) is 1. The van der Waals surface area contributed by atoms with E-state index in [1.165, 1.54) is 0 Å². The molecular formula is C27H33N2O4+. The molecular weight excluding hydrogens is 416 g/mol. The number of carbonyl (C=O) groups is 2. The Morgan fingerprint density at radius 3 is 2.27 bits per heavy atom. The molecule has 2 aromatic carbocycles. The van der Waals surface area contributed by atoms with Crippen LogP contribution >= 0.6 is 0 Å². The minimum absolute atomic E-state index is 0.129. The van der Waals surface area contributed by atoms with Gasteiger partial charge < -0.3 is 14.0 Å². The van der Waals surface area contributed by atoms with Crippen LogP contribution in [0, 0.1) is 5.92 Å². The van der Waals surface area contributed by atoms with Gasteiger partial charge in [-0.1, -0.05) is 60.7 Å². The lowest BCUT2D eigenvalue weighted by Gasteiger charge is -2.51. The standard InChI is InChI=1S/C27H33N2O4/c30-24(21-7-3-1-4-8-21)19-29-15-11-22(12-16-29)25(20-29)33-27(31)26(23-9-5-2-6-10-23)28-13-17-32-18-14-28/h1-10,22,25-26H,11-20H2/q+1/t22?,25-,26?,29?/m0/s1. The molecule has 4 saturated heterocycles. The number of esters is 1. The van der Waals surface area contributed by atoms with Crippen LogP contribution in [0.2, 0.25) is 0 Å². The summed E-state index contributed by atoms with van der Waals surface area (Å²) in [4.78, 5) is 28.7. The zero-order valence-corrected chi connectivity index (χ0v) is 19.1. The average molecular weight is 450 g/mol. The number of hydrogen-bond donors (Lipinski definition) is 0. The van der Waals surface area contributed by atoms with Crippen molar-refractivity contribution in [1.29, 1.82) is 0 Å². The van der Waals surface area contributed by atoms with Gasteiger partial charge in [0.2, 0.25) is 5.78 Å². The zero-order chi connectivity index (χ0) is 22.7. The number of benzene rings is 2. The van der Waals surface area contributed by atoms with E-state index in [1.54, 1.807) is 0 Å². The molecule has 2 bridgehead atoms. The summed E-state index contributed by atoms with van der Waals surface area (Å²) in [7, 11) is 0. The zero-order valence-electron chi connectivity index (χ0n) is 19.1. The number of ketones is 1. The molecule has 0 amide bonds. The fraction of sp³-hybridized carbons (Fsp3) is 0.481. The van der Waals surface area contributed by atoms with E-state index in [0.717, 1.165) is 48.1 Å². The van der Waals surface area contributed by atoms with Crippen molar-refractivity contribution in [2.45, 2.75) is 25.0 Å². The first kappa shape index (κ1) is 22.3. The minimum atomic E-state index is -0.412. The number of carbonyl (C=O) groups excluding carboxylic acids is 2. The number of piperidine rings is 3. The second kappa shape index (κ2) is 9.75. The molecule has 4 aliphatic rings. The monoisotopic (exact) mass is 449 g/mol. The second-order valence-electron chi connectivity index (χ2n) is 9.69. The Kier molecular flexibility index (Phi) is 6.58. The Morgan fingerprint density at radius 1 is 0.970 bits per heavy atom. The van der Waals surface area contributed by atoms with E-state index in [2.05, 4.69) is 4.90 Å². The molecule has 174 valence electrons. The fourth-order valence-electron chi connectivity index (χ4n) is 5.78. The Labute approximate surface area is 195 Å². The third kappa shape index (κ3) is 4.88. The van der Waals surface area contributed by atoms with Crippen LogP contribution in [0.3, 0.4) is 0 Å². The highest BCUT2D eigenvalue weighted by Crippen LogP contribution is 2.37. The van der Waals surface area contributed by atoms with Crippen LogP contribution in [-0.4, -0.2) is 79.7 Å². The number of fused-ring (bicyclic) bond motifs is 3. The van der Waals surface area contributed by atoms with Crippen molar-refractivity contribution in [2.75, 3.05) is 52.5 Å².